The van der Waals surface area contributed by atoms with E-state index < -0.39 is 0 Å². The Labute approximate surface area is 117 Å². The van der Waals surface area contributed by atoms with Crippen molar-refractivity contribution in [2.75, 3.05) is 6.54 Å². The molecule has 1 amide bonds. The second-order valence-corrected chi connectivity index (χ2v) is 7.14. The Morgan fingerprint density at radius 2 is 1.83 bits per heavy atom. The summed E-state index contributed by atoms with van der Waals surface area (Å²) in [6.45, 7) is 9.72. The van der Waals surface area contributed by atoms with E-state index in [2.05, 4.69) is 33.0 Å². The molecule has 1 rings (SSSR count). The van der Waals surface area contributed by atoms with E-state index in [1.165, 1.54) is 12.8 Å². The van der Waals surface area contributed by atoms with Crippen LogP contribution in [0.2, 0.25) is 0 Å². The van der Waals surface area contributed by atoms with Gasteiger partial charge >= 0.3 is 0 Å². The number of carbonyl (C=O) groups is 1. The first-order valence-corrected chi connectivity index (χ1v) is 7.71. The summed E-state index contributed by atoms with van der Waals surface area (Å²) in [4.78, 5) is 11.8. The lowest BCUT2D eigenvalue weighted by Crippen LogP contribution is -2.38. The number of alkyl halides is 1. The third kappa shape index (κ3) is 4.46. The Hall–Kier alpha value is -0.240. The minimum absolute atomic E-state index is 0.0257. The van der Waals surface area contributed by atoms with Crippen molar-refractivity contribution in [1.29, 1.82) is 0 Å². The molecular formula is C15H28ClNO. The molecule has 1 saturated carbocycles. The summed E-state index contributed by atoms with van der Waals surface area (Å²) in [5.74, 6) is 1.16. The summed E-state index contributed by atoms with van der Waals surface area (Å²) in [7, 11) is 0. The average molecular weight is 274 g/mol. The first-order chi connectivity index (χ1) is 8.36. The van der Waals surface area contributed by atoms with Crippen LogP contribution in [0.15, 0.2) is 0 Å². The molecule has 18 heavy (non-hydrogen) atoms. The van der Waals surface area contributed by atoms with Crippen LogP contribution in [-0.4, -0.2) is 17.8 Å². The first-order valence-electron chi connectivity index (χ1n) is 7.28. The largest absolute Gasteiger partial charge is 0.355 e. The minimum Gasteiger partial charge on any atom is -0.355 e. The highest BCUT2D eigenvalue weighted by Crippen LogP contribution is 2.41. The van der Waals surface area contributed by atoms with Gasteiger partial charge in [-0.2, -0.15) is 0 Å². The molecule has 1 atom stereocenters. The van der Waals surface area contributed by atoms with Gasteiger partial charge in [0.15, 0.2) is 0 Å². The maximum Gasteiger partial charge on any atom is 0.238 e. The van der Waals surface area contributed by atoms with Gasteiger partial charge in [0.1, 0.15) is 5.38 Å². The Morgan fingerprint density at radius 1 is 1.28 bits per heavy atom. The van der Waals surface area contributed by atoms with Crippen LogP contribution in [0.3, 0.4) is 0 Å². The van der Waals surface area contributed by atoms with Gasteiger partial charge in [0, 0.05) is 6.54 Å². The quantitative estimate of drug-likeness (QED) is 0.772. The highest BCUT2D eigenvalue weighted by Gasteiger charge is 2.34. The van der Waals surface area contributed by atoms with Crippen molar-refractivity contribution in [3.8, 4) is 0 Å². The van der Waals surface area contributed by atoms with Gasteiger partial charge in [0.2, 0.25) is 5.91 Å². The molecule has 1 fully saturated rings. The van der Waals surface area contributed by atoms with Gasteiger partial charge in [-0.05, 0) is 49.4 Å². The minimum atomic E-state index is -0.336. The van der Waals surface area contributed by atoms with Gasteiger partial charge in [-0.1, -0.05) is 27.7 Å². The summed E-state index contributed by atoms with van der Waals surface area (Å²) in [6, 6.07) is 0. The maximum atomic E-state index is 11.8. The van der Waals surface area contributed by atoms with Crippen LogP contribution in [-0.2, 0) is 4.79 Å². The maximum absolute atomic E-state index is 11.8. The zero-order chi connectivity index (χ0) is 13.8. The highest BCUT2D eigenvalue weighted by molar-refractivity contribution is 6.30. The van der Waals surface area contributed by atoms with Gasteiger partial charge in [-0.3, -0.25) is 4.79 Å². The zero-order valence-electron chi connectivity index (χ0n) is 12.3. The zero-order valence-corrected chi connectivity index (χ0v) is 13.0. The normalized spacial score (nSPS) is 26.7. The molecule has 0 radical (unpaired) electrons. The molecule has 2 nitrogen and oxygen atoms in total. The molecule has 0 bridgehead atoms. The lowest BCUT2D eigenvalue weighted by atomic mass is 9.69. The molecule has 106 valence electrons. The van der Waals surface area contributed by atoms with Crippen molar-refractivity contribution < 1.29 is 4.79 Å². The summed E-state index contributed by atoms with van der Waals surface area (Å²) >= 11 is 6.30. The fourth-order valence-corrected chi connectivity index (χ4v) is 3.17. The summed E-state index contributed by atoms with van der Waals surface area (Å²) in [5, 5.41) is 2.56. The number of carbonyl (C=O) groups excluding carboxylic acids is 1. The molecule has 1 aliphatic rings. The van der Waals surface area contributed by atoms with E-state index in [4.69, 9.17) is 11.6 Å². The van der Waals surface area contributed by atoms with Gasteiger partial charge in [-0.15, -0.1) is 11.6 Å². The van der Waals surface area contributed by atoms with E-state index in [0.29, 0.717) is 11.3 Å². The van der Waals surface area contributed by atoms with Gasteiger partial charge < -0.3 is 5.32 Å². The van der Waals surface area contributed by atoms with Crippen LogP contribution in [0.1, 0.15) is 59.8 Å². The third-order valence-corrected chi connectivity index (χ3v) is 4.76. The van der Waals surface area contributed by atoms with Crippen LogP contribution in [0, 0.1) is 17.3 Å². The molecule has 1 aliphatic carbocycles. The van der Waals surface area contributed by atoms with E-state index in [1.807, 2.05) is 0 Å². The number of halogens is 1. The molecule has 0 aromatic carbocycles. The molecule has 0 aromatic heterocycles. The molecule has 1 N–H and O–H groups in total. The Kier molecular flexibility index (Phi) is 5.97. The van der Waals surface area contributed by atoms with E-state index >= 15 is 0 Å². The second kappa shape index (κ2) is 6.79. The smallest absolute Gasteiger partial charge is 0.238 e. The van der Waals surface area contributed by atoms with Crippen LogP contribution < -0.4 is 5.32 Å². The van der Waals surface area contributed by atoms with Crippen molar-refractivity contribution in [3.05, 3.63) is 0 Å². The number of nitrogens with one attached hydrogen (secondary N) is 1. The second-order valence-electron chi connectivity index (χ2n) is 6.67. The summed E-state index contributed by atoms with van der Waals surface area (Å²) in [6.07, 6.45) is 5.56. The standard InChI is InChI=1S/C15H28ClNO/c1-5-10-17-14(18)13(16)11-6-8-12(9-7-11)15(2,3)4/h11-13H,5-10H2,1-4H3,(H,17,18). The monoisotopic (exact) mass is 273 g/mol. The molecule has 1 unspecified atom stereocenters. The van der Waals surface area contributed by atoms with Crippen LogP contribution in [0.4, 0.5) is 0 Å². The van der Waals surface area contributed by atoms with Crippen molar-refractivity contribution in [1.82, 2.24) is 5.32 Å². The molecule has 0 heterocycles. The lowest BCUT2D eigenvalue weighted by molar-refractivity contribution is -0.121. The SMILES string of the molecule is CCCNC(=O)C(Cl)C1CCC(C(C)(C)C)CC1. The number of hydrogen-bond acceptors (Lipinski definition) is 1. The molecule has 3 heteroatoms. The van der Waals surface area contributed by atoms with Crippen molar-refractivity contribution in [3.63, 3.8) is 0 Å². The number of rotatable bonds is 4. The molecule has 0 aliphatic heterocycles. The Bertz CT molecular complexity index is 264. The first kappa shape index (κ1) is 15.8. The predicted molar refractivity (Wildman–Crippen MR) is 77.8 cm³/mol. The predicted octanol–water partition coefficient (Wildman–Crippen LogP) is 3.97. The van der Waals surface area contributed by atoms with Crippen molar-refractivity contribution in [2.24, 2.45) is 17.3 Å². The van der Waals surface area contributed by atoms with E-state index in [-0.39, 0.29) is 11.3 Å². The molecule has 0 aromatic rings. The molecular weight excluding hydrogens is 246 g/mol. The van der Waals surface area contributed by atoms with Gasteiger partial charge in [-0.25, -0.2) is 0 Å². The summed E-state index contributed by atoms with van der Waals surface area (Å²) < 4.78 is 0. The van der Waals surface area contributed by atoms with E-state index in [1.54, 1.807) is 0 Å². The van der Waals surface area contributed by atoms with Crippen molar-refractivity contribution >= 4 is 17.5 Å². The van der Waals surface area contributed by atoms with Gasteiger partial charge in [0.05, 0.1) is 0 Å². The van der Waals surface area contributed by atoms with Crippen molar-refractivity contribution in [2.45, 2.75) is 65.2 Å². The highest BCUT2D eigenvalue weighted by atomic mass is 35.5. The number of amides is 1. The molecule has 0 spiro atoms. The fourth-order valence-electron chi connectivity index (χ4n) is 2.84. The summed E-state index contributed by atoms with van der Waals surface area (Å²) in [5.41, 5.74) is 0.386. The Morgan fingerprint density at radius 3 is 2.28 bits per heavy atom. The van der Waals surface area contributed by atoms with Crippen LogP contribution >= 0.6 is 11.6 Å². The number of hydrogen-bond donors (Lipinski definition) is 1. The Balaban J connectivity index is 2.40. The van der Waals surface area contributed by atoms with Crippen LogP contribution in [0.5, 0.6) is 0 Å². The molecule has 0 saturated heterocycles. The fraction of sp³-hybridized carbons (Fsp3) is 0.933. The van der Waals surface area contributed by atoms with E-state index in [9.17, 15) is 4.79 Å². The topological polar surface area (TPSA) is 29.1 Å². The average Bonchev–Trinajstić information content (AvgIpc) is 2.34. The van der Waals surface area contributed by atoms with E-state index in [0.717, 1.165) is 31.7 Å². The third-order valence-electron chi connectivity index (χ3n) is 4.21. The van der Waals surface area contributed by atoms with Gasteiger partial charge in [0.25, 0.3) is 0 Å². The lowest BCUT2D eigenvalue weighted by Gasteiger charge is -2.37. The van der Waals surface area contributed by atoms with Crippen LogP contribution in [0.25, 0.3) is 0 Å².